The number of benzene rings is 3. The van der Waals surface area contributed by atoms with Crippen LogP contribution in [-0.2, 0) is 4.79 Å². The van der Waals surface area contributed by atoms with Crippen LogP contribution in [0.3, 0.4) is 0 Å². The highest BCUT2D eigenvalue weighted by molar-refractivity contribution is 9.10. The third-order valence-electron chi connectivity index (χ3n) is 4.25. The number of rotatable bonds is 8. The highest BCUT2D eigenvalue weighted by Gasteiger charge is 2.18. The first-order valence-corrected chi connectivity index (χ1v) is 11.7. The maximum atomic E-state index is 13.0. The van der Waals surface area contributed by atoms with Crippen molar-refractivity contribution in [2.75, 3.05) is 11.1 Å². The molecule has 0 aliphatic heterocycles. The van der Waals surface area contributed by atoms with E-state index in [-0.39, 0.29) is 11.7 Å². The fourth-order valence-electron chi connectivity index (χ4n) is 2.77. The average molecular weight is 523 g/mol. The van der Waals surface area contributed by atoms with Crippen LogP contribution in [0.2, 0.25) is 10.0 Å². The number of carbonyl (C=O) groups is 2. The first-order valence-electron chi connectivity index (χ1n) is 9.21. The van der Waals surface area contributed by atoms with E-state index in [1.165, 1.54) is 0 Å². The number of hydrogen-bond acceptors (Lipinski definition) is 3. The smallest absolute Gasteiger partial charge is 0.224 e. The first kappa shape index (κ1) is 22.9. The standard InChI is InChI=1S/C23H18BrCl2NO2S/c24-15-7-12-21(19(14-15)23(29)18-4-1-2-5-20(18)26)27-22(28)6-3-13-30-17-10-8-16(25)9-11-17/h1-2,4-5,7-12,14H,3,6,13H2,(H,27,28). The summed E-state index contributed by atoms with van der Waals surface area (Å²) in [6.45, 7) is 0. The second-order valence-corrected chi connectivity index (χ2v) is 9.38. The van der Waals surface area contributed by atoms with Gasteiger partial charge in [-0.05, 0) is 66.8 Å². The Kier molecular flexibility index (Phi) is 8.40. The van der Waals surface area contributed by atoms with Crippen molar-refractivity contribution in [3.8, 4) is 0 Å². The van der Waals surface area contributed by atoms with E-state index in [0.717, 1.165) is 15.1 Å². The summed E-state index contributed by atoms with van der Waals surface area (Å²) >= 11 is 17.1. The van der Waals surface area contributed by atoms with Crippen LogP contribution in [0.25, 0.3) is 0 Å². The van der Waals surface area contributed by atoms with Gasteiger partial charge in [0.15, 0.2) is 5.78 Å². The third-order valence-corrected chi connectivity index (χ3v) is 6.42. The maximum absolute atomic E-state index is 13.0. The van der Waals surface area contributed by atoms with Crippen LogP contribution in [-0.4, -0.2) is 17.4 Å². The number of halogens is 3. The van der Waals surface area contributed by atoms with Crippen molar-refractivity contribution in [1.29, 1.82) is 0 Å². The highest BCUT2D eigenvalue weighted by atomic mass is 79.9. The summed E-state index contributed by atoms with van der Waals surface area (Å²) in [5.74, 6) is 0.429. The van der Waals surface area contributed by atoms with Crippen LogP contribution in [0.4, 0.5) is 5.69 Å². The molecule has 30 heavy (non-hydrogen) atoms. The van der Waals surface area contributed by atoms with E-state index in [1.54, 1.807) is 54.2 Å². The predicted octanol–water partition coefficient (Wildman–Crippen LogP) is 7.50. The van der Waals surface area contributed by atoms with Gasteiger partial charge in [0.1, 0.15) is 0 Å². The van der Waals surface area contributed by atoms with Crippen LogP contribution in [0.15, 0.2) is 76.1 Å². The lowest BCUT2D eigenvalue weighted by atomic mass is 10.0. The van der Waals surface area contributed by atoms with Gasteiger partial charge < -0.3 is 5.32 Å². The third kappa shape index (κ3) is 6.35. The molecule has 0 heterocycles. The Hall–Kier alpha value is -1.79. The molecule has 0 aliphatic rings. The zero-order valence-electron chi connectivity index (χ0n) is 15.8. The SMILES string of the molecule is O=C(CCCSc1ccc(Cl)cc1)Nc1ccc(Br)cc1C(=O)c1ccccc1Cl. The molecule has 0 aromatic heterocycles. The van der Waals surface area contributed by atoms with Gasteiger partial charge in [0, 0.05) is 31.9 Å². The summed E-state index contributed by atoms with van der Waals surface area (Å²) in [4.78, 5) is 26.5. The molecule has 3 nitrogen and oxygen atoms in total. The minimum absolute atomic E-state index is 0.137. The lowest BCUT2D eigenvalue weighted by molar-refractivity contribution is -0.116. The fraction of sp³-hybridized carbons (Fsp3) is 0.130. The number of nitrogens with one attached hydrogen (secondary N) is 1. The first-order chi connectivity index (χ1) is 14.4. The summed E-state index contributed by atoms with van der Waals surface area (Å²) in [6.07, 6.45) is 1.07. The van der Waals surface area contributed by atoms with Gasteiger partial charge in [-0.2, -0.15) is 0 Å². The van der Waals surface area contributed by atoms with Crippen molar-refractivity contribution in [3.63, 3.8) is 0 Å². The van der Waals surface area contributed by atoms with Crippen LogP contribution in [0.5, 0.6) is 0 Å². The lowest BCUT2D eigenvalue weighted by Gasteiger charge is -2.12. The Balaban J connectivity index is 1.62. The normalized spacial score (nSPS) is 10.6. The molecule has 0 spiro atoms. The van der Waals surface area contributed by atoms with Crippen LogP contribution >= 0.6 is 50.9 Å². The van der Waals surface area contributed by atoms with Gasteiger partial charge in [-0.3, -0.25) is 9.59 Å². The van der Waals surface area contributed by atoms with Crippen LogP contribution in [0, 0.1) is 0 Å². The van der Waals surface area contributed by atoms with Gasteiger partial charge in [0.2, 0.25) is 5.91 Å². The Bertz CT molecular complexity index is 1060. The van der Waals surface area contributed by atoms with Crippen LogP contribution in [0.1, 0.15) is 28.8 Å². The quantitative estimate of drug-likeness (QED) is 0.189. The average Bonchev–Trinajstić information content (AvgIpc) is 2.73. The lowest BCUT2D eigenvalue weighted by Crippen LogP contribution is -2.15. The van der Waals surface area contributed by atoms with E-state index in [4.69, 9.17) is 23.2 Å². The molecule has 1 amide bonds. The molecule has 7 heteroatoms. The van der Waals surface area contributed by atoms with Crippen molar-refractivity contribution in [1.82, 2.24) is 0 Å². The zero-order valence-corrected chi connectivity index (χ0v) is 19.7. The Morgan fingerprint density at radius 2 is 1.67 bits per heavy atom. The molecular formula is C23H18BrCl2NO2S. The topological polar surface area (TPSA) is 46.2 Å². The molecule has 0 unspecified atom stereocenters. The van der Waals surface area contributed by atoms with E-state index in [1.807, 2.05) is 24.3 Å². The molecule has 1 N–H and O–H groups in total. The molecule has 3 rings (SSSR count). The van der Waals surface area contributed by atoms with Crippen molar-refractivity contribution >= 4 is 68.3 Å². The number of hydrogen-bond donors (Lipinski definition) is 1. The summed E-state index contributed by atoms with van der Waals surface area (Å²) in [6, 6.07) is 19.7. The Morgan fingerprint density at radius 1 is 0.933 bits per heavy atom. The van der Waals surface area contributed by atoms with Gasteiger partial charge in [-0.15, -0.1) is 11.8 Å². The Morgan fingerprint density at radius 3 is 2.40 bits per heavy atom. The number of carbonyl (C=O) groups excluding carboxylic acids is 2. The largest absolute Gasteiger partial charge is 0.325 e. The predicted molar refractivity (Wildman–Crippen MR) is 129 cm³/mol. The maximum Gasteiger partial charge on any atom is 0.224 e. The molecule has 0 bridgehead atoms. The minimum Gasteiger partial charge on any atom is -0.325 e. The second-order valence-electron chi connectivity index (χ2n) is 6.45. The van der Waals surface area contributed by atoms with E-state index in [2.05, 4.69) is 21.2 Å². The molecule has 0 saturated carbocycles. The van der Waals surface area contributed by atoms with Crippen molar-refractivity contribution < 1.29 is 9.59 Å². The van der Waals surface area contributed by atoms with Gasteiger partial charge in [0.05, 0.1) is 10.7 Å². The summed E-state index contributed by atoms with van der Waals surface area (Å²) < 4.78 is 0.746. The molecule has 3 aromatic rings. The van der Waals surface area contributed by atoms with Gasteiger partial charge in [-0.25, -0.2) is 0 Å². The van der Waals surface area contributed by atoms with E-state index >= 15 is 0 Å². The van der Waals surface area contributed by atoms with Crippen molar-refractivity contribution in [2.45, 2.75) is 17.7 Å². The van der Waals surface area contributed by atoms with Crippen molar-refractivity contribution in [3.05, 3.63) is 92.4 Å². The van der Waals surface area contributed by atoms with Gasteiger partial charge in [-0.1, -0.05) is 51.3 Å². The minimum atomic E-state index is -0.240. The van der Waals surface area contributed by atoms with Gasteiger partial charge >= 0.3 is 0 Å². The molecule has 3 aromatic carbocycles. The molecule has 0 saturated heterocycles. The second kappa shape index (κ2) is 11.0. The highest BCUT2D eigenvalue weighted by Crippen LogP contribution is 2.27. The number of amides is 1. The van der Waals surface area contributed by atoms with E-state index in [9.17, 15) is 9.59 Å². The monoisotopic (exact) mass is 521 g/mol. The zero-order chi connectivity index (χ0) is 21.5. The van der Waals surface area contributed by atoms with E-state index < -0.39 is 0 Å². The molecule has 0 aliphatic carbocycles. The summed E-state index contributed by atoms with van der Waals surface area (Å²) in [7, 11) is 0. The molecule has 0 atom stereocenters. The summed E-state index contributed by atoms with van der Waals surface area (Å²) in [5, 5.41) is 3.94. The number of ketones is 1. The van der Waals surface area contributed by atoms with Crippen molar-refractivity contribution in [2.24, 2.45) is 0 Å². The molecule has 0 fully saturated rings. The molecule has 0 radical (unpaired) electrons. The number of thioether (sulfide) groups is 1. The number of anilines is 1. The van der Waals surface area contributed by atoms with E-state index in [0.29, 0.717) is 39.7 Å². The molecular weight excluding hydrogens is 505 g/mol. The van der Waals surface area contributed by atoms with Crippen LogP contribution < -0.4 is 5.32 Å². The Labute approximate surface area is 198 Å². The summed E-state index contributed by atoms with van der Waals surface area (Å²) in [5.41, 5.74) is 1.26. The van der Waals surface area contributed by atoms with Gasteiger partial charge in [0.25, 0.3) is 0 Å². The fourth-order valence-corrected chi connectivity index (χ4v) is 4.33. The molecule has 154 valence electrons.